The van der Waals surface area contributed by atoms with Crippen LogP contribution in [0.15, 0.2) is 38.7 Å². The predicted molar refractivity (Wildman–Crippen MR) is 96.3 cm³/mol. The molecule has 1 aromatic carbocycles. The quantitative estimate of drug-likeness (QED) is 0.594. The van der Waals surface area contributed by atoms with Gasteiger partial charge in [0, 0.05) is 17.1 Å². The van der Waals surface area contributed by atoms with Crippen molar-refractivity contribution in [3.8, 4) is 0 Å². The van der Waals surface area contributed by atoms with Crippen molar-refractivity contribution < 1.29 is 28.2 Å². The van der Waals surface area contributed by atoms with E-state index in [0.29, 0.717) is 16.7 Å². The van der Waals surface area contributed by atoms with E-state index in [0.717, 1.165) is 11.1 Å². The SMILES string of the molecule is COC(=O)C1=C(C(=O)OC)N(c2cc3c(C)cc(=O)oc3cc2C)COC1. The summed E-state index contributed by atoms with van der Waals surface area (Å²) >= 11 is 0. The summed E-state index contributed by atoms with van der Waals surface area (Å²) in [6, 6.07) is 4.89. The van der Waals surface area contributed by atoms with Crippen molar-refractivity contribution in [1.29, 1.82) is 0 Å². The number of hydrogen-bond donors (Lipinski definition) is 0. The van der Waals surface area contributed by atoms with E-state index in [4.69, 9.17) is 18.6 Å². The van der Waals surface area contributed by atoms with Gasteiger partial charge in [-0.05, 0) is 37.1 Å². The van der Waals surface area contributed by atoms with Crippen LogP contribution in [0.4, 0.5) is 5.69 Å². The first-order chi connectivity index (χ1) is 12.9. The van der Waals surface area contributed by atoms with Crippen LogP contribution in [0.25, 0.3) is 11.0 Å². The van der Waals surface area contributed by atoms with E-state index in [9.17, 15) is 14.4 Å². The van der Waals surface area contributed by atoms with Crippen LogP contribution in [0.5, 0.6) is 0 Å². The third kappa shape index (κ3) is 3.31. The standard InChI is InChI=1S/C19H19NO7/c1-10-6-16(21)27-15-5-11(2)14(7-12(10)15)20-9-26-8-13(18(22)24-3)17(20)19(23)25-4/h5-7H,8-9H2,1-4H3. The number of carbonyl (C=O) groups is 2. The average molecular weight is 373 g/mol. The minimum Gasteiger partial charge on any atom is -0.466 e. The van der Waals surface area contributed by atoms with Crippen molar-refractivity contribution >= 4 is 28.6 Å². The molecule has 8 nitrogen and oxygen atoms in total. The number of benzene rings is 1. The molecule has 0 saturated carbocycles. The minimum atomic E-state index is -0.672. The number of hydrogen-bond acceptors (Lipinski definition) is 8. The fraction of sp³-hybridized carbons (Fsp3) is 0.316. The number of rotatable bonds is 3. The van der Waals surface area contributed by atoms with E-state index in [2.05, 4.69) is 0 Å². The molecule has 0 bridgehead atoms. The molecular formula is C19H19NO7. The monoisotopic (exact) mass is 373 g/mol. The lowest BCUT2D eigenvalue weighted by atomic mass is 10.0. The number of nitrogens with zero attached hydrogens (tertiary/aromatic N) is 1. The molecule has 27 heavy (non-hydrogen) atoms. The highest BCUT2D eigenvalue weighted by Crippen LogP contribution is 2.33. The highest BCUT2D eigenvalue weighted by Gasteiger charge is 2.33. The van der Waals surface area contributed by atoms with Gasteiger partial charge in [0.05, 0.1) is 26.4 Å². The van der Waals surface area contributed by atoms with Crippen LogP contribution in [-0.2, 0) is 23.8 Å². The Balaban J connectivity index is 2.24. The van der Waals surface area contributed by atoms with E-state index < -0.39 is 17.6 Å². The van der Waals surface area contributed by atoms with E-state index in [1.165, 1.54) is 20.3 Å². The molecule has 1 aromatic heterocycles. The Labute approximate surface area is 154 Å². The maximum absolute atomic E-state index is 12.4. The number of anilines is 1. The predicted octanol–water partition coefficient (Wildman–Crippen LogP) is 1.80. The lowest BCUT2D eigenvalue weighted by Gasteiger charge is -2.32. The minimum absolute atomic E-state index is 0.0487. The first-order valence-corrected chi connectivity index (χ1v) is 8.17. The largest absolute Gasteiger partial charge is 0.466 e. The molecule has 2 heterocycles. The van der Waals surface area contributed by atoms with Crippen molar-refractivity contribution in [3.63, 3.8) is 0 Å². The van der Waals surface area contributed by atoms with Crippen LogP contribution in [0.3, 0.4) is 0 Å². The Morgan fingerprint density at radius 2 is 1.74 bits per heavy atom. The molecule has 0 N–H and O–H groups in total. The molecule has 0 amide bonds. The number of ether oxygens (including phenoxy) is 3. The van der Waals surface area contributed by atoms with Crippen molar-refractivity contribution in [1.82, 2.24) is 0 Å². The number of esters is 2. The average Bonchev–Trinajstić information content (AvgIpc) is 2.65. The second-order valence-corrected chi connectivity index (χ2v) is 6.10. The maximum Gasteiger partial charge on any atom is 0.355 e. The van der Waals surface area contributed by atoms with Crippen molar-refractivity contribution in [3.05, 3.63) is 51.0 Å². The Kier molecular flexibility index (Phi) is 5.00. The van der Waals surface area contributed by atoms with Crippen LogP contribution in [0.2, 0.25) is 0 Å². The van der Waals surface area contributed by atoms with Gasteiger partial charge in [-0.2, -0.15) is 0 Å². The van der Waals surface area contributed by atoms with Gasteiger partial charge < -0.3 is 23.5 Å². The molecule has 1 aliphatic rings. The molecular weight excluding hydrogens is 354 g/mol. The molecule has 3 rings (SSSR count). The van der Waals surface area contributed by atoms with Gasteiger partial charge >= 0.3 is 17.6 Å². The van der Waals surface area contributed by atoms with Crippen LogP contribution in [0, 0.1) is 13.8 Å². The second-order valence-electron chi connectivity index (χ2n) is 6.10. The topological polar surface area (TPSA) is 95.3 Å². The summed E-state index contributed by atoms with van der Waals surface area (Å²) in [7, 11) is 2.47. The maximum atomic E-state index is 12.4. The lowest BCUT2D eigenvalue weighted by Crippen LogP contribution is -2.39. The van der Waals surface area contributed by atoms with Crippen molar-refractivity contribution in [2.24, 2.45) is 0 Å². The Morgan fingerprint density at radius 1 is 1.04 bits per heavy atom. The number of carbonyl (C=O) groups excluding carboxylic acids is 2. The summed E-state index contributed by atoms with van der Waals surface area (Å²) in [5.41, 5.74) is 2.23. The normalized spacial score (nSPS) is 14.4. The molecule has 0 saturated heterocycles. The molecule has 0 unspecified atom stereocenters. The fourth-order valence-electron chi connectivity index (χ4n) is 3.08. The molecule has 142 valence electrons. The van der Waals surface area contributed by atoms with E-state index in [1.54, 1.807) is 30.9 Å². The van der Waals surface area contributed by atoms with Gasteiger partial charge in [-0.25, -0.2) is 14.4 Å². The first kappa shape index (κ1) is 18.7. The van der Waals surface area contributed by atoms with Gasteiger partial charge in [-0.15, -0.1) is 0 Å². The Morgan fingerprint density at radius 3 is 2.41 bits per heavy atom. The highest BCUT2D eigenvalue weighted by atomic mass is 16.5. The summed E-state index contributed by atoms with van der Waals surface area (Å²) in [5, 5.41) is 0.713. The summed E-state index contributed by atoms with van der Waals surface area (Å²) in [5.74, 6) is -1.34. The number of aryl methyl sites for hydroxylation is 2. The van der Waals surface area contributed by atoms with Crippen LogP contribution >= 0.6 is 0 Å². The number of methoxy groups -OCH3 is 2. The zero-order valence-corrected chi connectivity index (χ0v) is 15.5. The molecule has 0 atom stereocenters. The molecule has 0 radical (unpaired) electrons. The van der Waals surface area contributed by atoms with Gasteiger partial charge in [-0.3, -0.25) is 0 Å². The number of fused-ring (bicyclic) bond motifs is 1. The van der Waals surface area contributed by atoms with Gasteiger partial charge in [-0.1, -0.05) is 0 Å². The van der Waals surface area contributed by atoms with Gasteiger partial charge in [0.2, 0.25) is 0 Å². The van der Waals surface area contributed by atoms with Crippen LogP contribution in [-0.4, -0.2) is 39.5 Å². The fourth-order valence-corrected chi connectivity index (χ4v) is 3.08. The van der Waals surface area contributed by atoms with Crippen molar-refractivity contribution in [2.45, 2.75) is 13.8 Å². The van der Waals surface area contributed by atoms with E-state index >= 15 is 0 Å². The molecule has 8 heteroatoms. The molecule has 2 aromatic rings. The van der Waals surface area contributed by atoms with Gasteiger partial charge in [0.25, 0.3) is 0 Å². The molecule has 0 fully saturated rings. The summed E-state index contributed by atoms with van der Waals surface area (Å²) < 4.78 is 20.4. The smallest absolute Gasteiger partial charge is 0.355 e. The summed E-state index contributed by atoms with van der Waals surface area (Å²) in [6.07, 6.45) is 0. The molecule has 0 aliphatic carbocycles. The highest BCUT2D eigenvalue weighted by molar-refractivity contribution is 6.04. The van der Waals surface area contributed by atoms with E-state index in [-0.39, 0.29) is 24.6 Å². The Hall–Kier alpha value is -3.13. The molecule has 0 spiro atoms. The van der Waals surface area contributed by atoms with Crippen molar-refractivity contribution in [2.75, 3.05) is 32.5 Å². The lowest BCUT2D eigenvalue weighted by molar-refractivity contribution is -0.140. The van der Waals surface area contributed by atoms with Crippen LogP contribution < -0.4 is 10.5 Å². The first-order valence-electron chi connectivity index (χ1n) is 8.17. The van der Waals surface area contributed by atoms with Gasteiger partial charge in [0.15, 0.2) is 0 Å². The van der Waals surface area contributed by atoms with E-state index in [1.807, 2.05) is 0 Å². The second kappa shape index (κ2) is 7.24. The third-order valence-corrected chi connectivity index (χ3v) is 4.39. The third-order valence-electron chi connectivity index (χ3n) is 4.39. The zero-order chi connectivity index (χ0) is 19.7. The summed E-state index contributed by atoms with van der Waals surface area (Å²) in [4.78, 5) is 37.7. The zero-order valence-electron chi connectivity index (χ0n) is 15.5. The molecule has 1 aliphatic heterocycles. The Bertz CT molecular complexity index is 1020. The summed E-state index contributed by atoms with van der Waals surface area (Å²) in [6.45, 7) is 3.58. The van der Waals surface area contributed by atoms with Gasteiger partial charge in [0.1, 0.15) is 18.0 Å². The van der Waals surface area contributed by atoms with Crippen LogP contribution in [0.1, 0.15) is 11.1 Å².